The molecule has 4 nitrogen and oxygen atoms in total. The van der Waals surface area contributed by atoms with E-state index >= 15 is 0 Å². The SMILES string of the molecule is Oc1ccccc1-c1cnoc1CC1CCNCC1. The molecule has 1 aliphatic rings. The van der Waals surface area contributed by atoms with Crippen LogP contribution in [0.25, 0.3) is 11.1 Å². The molecule has 100 valence electrons. The van der Waals surface area contributed by atoms with Gasteiger partial charge in [-0.15, -0.1) is 0 Å². The Kier molecular flexibility index (Phi) is 3.51. The van der Waals surface area contributed by atoms with Crippen molar-refractivity contribution in [1.29, 1.82) is 0 Å². The molecule has 1 fully saturated rings. The molecule has 2 aromatic rings. The second-order valence-electron chi connectivity index (χ2n) is 5.08. The molecule has 1 aromatic heterocycles. The Morgan fingerprint density at radius 1 is 1.21 bits per heavy atom. The van der Waals surface area contributed by atoms with E-state index in [9.17, 15) is 5.11 Å². The van der Waals surface area contributed by atoms with Crippen LogP contribution in [0.3, 0.4) is 0 Å². The van der Waals surface area contributed by atoms with Crippen LogP contribution in [0.4, 0.5) is 0 Å². The quantitative estimate of drug-likeness (QED) is 0.888. The minimum Gasteiger partial charge on any atom is -0.507 e. The van der Waals surface area contributed by atoms with Crippen molar-refractivity contribution >= 4 is 0 Å². The lowest BCUT2D eigenvalue weighted by Crippen LogP contribution is -2.28. The van der Waals surface area contributed by atoms with Gasteiger partial charge in [0.2, 0.25) is 0 Å². The van der Waals surface area contributed by atoms with E-state index in [1.807, 2.05) is 18.2 Å². The van der Waals surface area contributed by atoms with Gasteiger partial charge in [0.15, 0.2) is 0 Å². The zero-order valence-electron chi connectivity index (χ0n) is 10.8. The highest BCUT2D eigenvalue weighted by Crippen LogP contribution is 2.33. The van der Waals surface area contributed by atoms with Gasteiger partial charge in [0.25, 0.3) is 0 Å². The van der Waals surface area contributed by atoms with Crippen molar-refractivity contribution in [3.8, 4) is 16.9 Å². The van der Waals surface area contributed by atoms with Gasteiger partial charge in [0, 0.05) is 17.5 Å². The van der Waals surface area contributed by atoms with Crippen LogP contribution in [-0.4, -0.2) is 23.4 Å². The predicted octanol–water partition coefficient (Wildman–Crippen LogP) is 2.59. The normalized spacial score (nSPS) is 16.6. The summed E-state index contributed by atoms with van der Waals surface area (Å²) in [5, 5.41) is 17.2. The highest BCUT2D eigenvalue weighted by molar-refractivity contribution is 5.70. The molecule has 0 saturated carbocycles. The molecular weight excluding hydrogens is 240 g/mol. The van der Waals surface area contributed by atoms with Gasteiger partial charge < -0.3 is 14.9 Å². The van der Waals surface area contributed by atoms with Gasteiger partial charge in [-0.25, -0.2) is 0 Å². The van der Waals surface area contributed by atoms with Crippen molar-refractivity contribution in [3.05, 3.63) is 36.2 Å². The van der Waals surface area contributed by atoms with Crippen LogP contribution < -0.4 is 5.32 Å². The van der Waals surface area contributed by atoms with E-state index in [4.69, 9.17) is 4.52 Å². The molecule has 0 amide bonds. The molecule has 0 aliphatic carbocycles. The molecule has 0 bridgehead atoms. The number of phenolic OH excluding ortho intramolecular Hbond substituents is 1. The molecular formula is C15H18N2O2. The number of piperidine rings is 1. The minimum atomic E-state index is 0.275. The number of hydrogen-bond donors (Lipinski definition) is 2. The Bertz CT molecular complexity index is 545. The number of aromatic nitrogens is 1. The fourth-order valence-electron chi connectivity index (χ4n) is 2.68. The lowest BCUT2D eigenvalue weighted by Gasteiger charge is -2.21. The van der Waals surface area contributed by atoms with Crippen molar-refractivity contribution in [2.45, 2.75) is 19.3 Å². The molecule has 0 spiro atoms. The summed E-state index contributed by atoms with van der Waals surface area (Å²) >= 11 is 0. The van der Waals surface area contributed by atoms with E-state index in [1.165, 1.54) is 12.8 Å². The first-order chi connectivity index (χ1) is 9.34. The van der Waals surface area contributed by atoms with Crippen LogP contribution in [0, 0.1) is 5.92 Å². The Morgan fingerprint density at radius 2 is 2.00 bits per heavy atom. The smallest absolute Gasteiger partial charge is 0.144 e. The van der Waals surface area contributed by atoms with Gasteiger partial charge in [-0.3, -0.25) is 0 Å². The molecule has 4 heteroatoms. The van der Waals surface area contributed by atoms with Crippen molar-refractivity contribution < 1.29 is 9.63 Å². The first-order valence-corrected chi connectivity index (χ1v) is 6.77. The fraction of sp³-hybridized carbons (Fsp3) is 0.400. The number of nitrogens with zero attached hydrogens (tertiary/aromatic N) is 1. The van der Waals surface area contributed by atoms with Crippen LogP contribution in [0.15, 0.2) is 35.0 Å². The summed E-state index contributed by atoms with van der Waals surface area (Å²) in [6.07, 6.45) is 4.93. The third-order valence-corrected chi connectivity index (χ3v) is 3.77. The standard InChI is InChI=1S/C15H18N2O2/c18-14-4-2-1-3-12(14)13-10-17-19-15(13)9-11-5-7-16-8-6-11/h1-4,10-11,16,18H,5-9H2. The number of benzene rings is 1. The minimum absolute atomic E-state index is 0.275. The maximum absolute atomic E-state index is 9.93. The second kappa shape index (κ2) is 5.45. The lowest BCUT2D eigenvalue weighted by atomic mass is 9.91. The van der Waals surface area contributed by atoms with Crippen LogP contribution in [0.1, 0.15) is 18.6 Å². The number of rotatable bonds is 3. The van der Waals surface area contributed by atoms with Gasteiger partial charge >= 0.3 is 0 Å². The summed E-state index contributed by atoms with van der Waals surface area (Å²) in [6.45, 7) is 2.15. The van der Waals surface area contributed by atoms with Gasteiger partial charge in [0.05, 0.1) is 6.20 Å². The topological polar surface area (TPSA) is 58.3 Å². The number of para-hydroxylation sites is 1. The molecule has 2 N–H and O–H groups in total. The van der Waals surface area contributed by atoms with Crippen LogP contribution in [0.2, 0.25) is 0 Å². The molecule has 1 saturated heterocycles. The number of aromatic hydroxyl groups is 1. The average molecular weight is 258 g/mol. The zero-order chi connectivity index (χ0) is 13.1. The third-order valence-electron chi connectivity index (χ3n) is 3.77. The van der Waals surface area contributed by atoms with Crippen molar-refractivity contribution in [2.75, 3.05) is 13.1 Å². The summed E-state index contributed by atoms with van der Waals surface area (Å²) in [4.78, 5) is 0. The first kappa shape index (κ1) is 12.2. The largest absolute Gasteiger partial charge is 0.507 e. The maximum atomic E-state index is 9.93. The highest BCUT2D eigenvalue weighted by Gasteiger charge is 2.19. The molecule has 0 unspecified atom stereocenters. The Balaban J connectivity index is 1.84. The Labute approximate surface area is 112 Å². The summed E-state index contributed by atoms with van der Waals surface area (Å²) in [7, 11) is 0. The summed E-state index contributed by atoms with van der Waals surface area (Å²) < 4.78 is 5.40. The van der Waals surface area contributed by atoms with Crippen molar-refractivity contribution in [3.63, 3.8) is 0 Å². The van der Waals surface area contributed by atoms with E-state index < -0.39 is 0 Å². The predicted molar refractivity (Wildman–Crippen MR) is 72.9 cm³/mol. The van der Waals surface area contributed by atoms with Crippen LogP contribution in [-0.2, 0) is 6.42 Å². The van der Waals surface area contributed by atoms with E-state index in [0.29, 0.717) is 5.92 Å². The van der Waals surface area contributed by atoms with E-state index in [2.05, 4.69) is 10.5 Å². The molecule has 0 atom stereocenters. The molecule has 1 aliphatic heterocycles. The van der Waals surface area contributed by atoms with Gasteiger partial charge in [-0.1, -0.05) is 23.4 Å². The summed E-state index contributed by atoms with van der Waals surface area (Å²) in [6, 6.07) is 7.32. The molecule has 3 rings (SSSR count). The summed E-state index contributed by atoms with van der Waals surface area (Å²) in [5.41, 5.74) is 1.71. The molecule has 1 aromatic carbocycles. The van der Waals surface area contributed by atoms with Gasteiger partial charge in [-0.2, -0.15) is 0 Å². The Hall–Kier alpha value is -1.81. The van der Waals surface area contributed by atoms with Crippen molar-refractivity contribution in [1.82, 2.24) is 10.5 Å². The van der Waals surface area contributed by atoms with E-state index in [-0.39, 0.29) is 5.75 Å². The first-order valence-electron chi connectivity index (χ1n) is 6.77. The zero-order valence-corrected chi connectivity index (χ0v) is 10.8. The van der Waals surface area contributed by atoms with Crippen LogP contribution >= 0.6 is 0 Å². The molecule has 2 heterocycles. The van der Waals surface area contributed by atoms with Crippen molar-refractivity contribution in [2.24, 2.45) is 5.92 Å². The van der Waals surface area contributed by atoms with E-state index in [1.54, 1.807) is 12.3 Å². The second-order valence-corrected chi connectivity index (χ2v) is 5.08. The number of phenols is 1. The van der Waals surface area contributed by atoms with Gasteiger partial charge in [-0.05, 0) is 37.9 Å². The molecule has 0 radical (unpaired) electrons. The molecule has 19 heavy (non-hydrogen) atoms. The maximum Gasteiger partial charge on any atom is 0.144 e. The average Bonchev–Trinajstić information content (AvgIpc) is 2.88. The fourth-order valence-corrected chi connectivity index (χ4v) is 2.68. The third kappa shape index (κ3) is 2.63. The monoisotopic (exact) mass is 258 g/mol. The van der Waals surface area contributed by atoms with E-state index in [0.717, 1.165) is 36.4 Å². The lowest BCUT2D eigenvalue weighted by molar-refractivity contribution is 0.319. The number of hydrogen-bond acceptors (Lipinski definition) is 4. The Morgan fingerprint density at radius 3 is 2.79 bits per heavy atom. The number of nitrogens with one attached hydrogen (secondary N) is 1. The summed E-state index contributed by atoms with van der Waals surface area (Å²) in [5.74, 6) is 1.80. The van der Waals surface area contributed by atoms with Gasteiger partial charge in [0.1, 0.15) is 11.5 Å². The van der Waals surface area contributed by atoms with Crippen LogP contribution in [0.5, 0.6) is 5.75 Å². The highest BCUT2D eigenvalue weighted by atomic mass is 16.5.